The van der Waals surface area contributed by atoms with Gasteiger partial charge in [-0.25, -0.2) is 18.1 Å². The highest BCUT2D eigenvalue weighted by atomic mass is 32.2. The van der Waals surface area contributed by atoms with Crippen LogP contribution in [0.15, 0.2) is 34.2 Å². The van der Waals surface area contributed by atoms with Gasteiger partial charge in [-0.1, -0.05) is 27.2 Å². The Kier molecular flexibility index (Phi) is 9.78. The van der Waals surface area contributed by atoms with Crippen LogP contribution in [-0.4, -0.2) is 105 Å². The number of benzene rings is 1. The van der Waals surface area contributed by atoms with E-state index < -0.39 is 10.0 Å². The van der Waals surface area contributed by atoms with Crippen LogP contribution in [0.5, 0.6) is 5.75 Å². The highest BCUT2D eigenvalue weighted by Crippen LogP contribution is 2.33. The molecule has 14 nitrogen and oxygen atoms in total. The van der Waals surface area contributed by atoms with Crippen molar-refractivity contribution in [3.05, 3.63) is 40.6 Å². The molecule has 0 spiro atoms. The predicted molar refractivity (Wildman–Crippen MR) is 166 cm³/mol. The van der Waals surface area contributed by atoms with Gasteiger partial charge in [0.25, 0.3) is 5.56 Å². The lowest BCUT2D eigenvalue weighted by molar-refractivity contribution is 0.183. The van der Waals surface area contributed by atoms with Crippen LogP contribution in [0.25, 0.3) is 28.4 Å². The van der Waals surface area contributed by atoms with E-state index in [1.807, 2.05) is 13.8 Å². The van der Waals surface area contributed by atoms with E-state index in [0.29, 0.717) is 86.7 Å². The maximum absolute atomic E-state index is 14.1. The average molecular weight is 628 g/mol. The number of aromatic nitrogens is 7. The Bertz CT molecular complexity index is 1770. The van der Waals surface area contributed by atoms with Crippen LogP contribution in [0.1, 0.15) is 39.3 Å². The number of hydrogen-bond donors (Lipinski definition) is 0. The molecule has 3 aromatic heterocycles. The number of aryl methyl sites for hydroxylation is 1. The van der Waals surface area contributed by atoms with Gasteiger partial charge in [-0.05, 0) is 37.6 Å². The minimum atomic E-state index is -3.79. The average Bonchev–Trinajstić information content (AvgIpc) is 3.65. The minimum Gasteiger partial charge on any atom is -0.493 e. The number of piperazine rings is 1. The summed E-state index contributed by atoms with van der Waals surface area (Å²) >= 11 is 0. The number of hydrogen-bond acceptors (Lipinski definition) is 10. The predicted octanol–water partition coefficient (Wildman–Crippen LogP) is 2.09. The van der Waals surface area contributed by atoms with Crippen molar-refractivity contribution in [3.8, 4) is 23.1 Å². The second-order valence-electron chi connectivity index (χ2n) is 10.7. The van der Waals surface area contributed by atoms with Crippen LogP contribution in [-0.2, 0) is 34.8 Å². The molecule has 4 heterocycles. The van der Waals surface area contributed by atoms with E-state index in [1.165, 1.54) is 19.9 Å². The van der Waals surface area contributed by atoms with Crippen LogP contribution in [0.3, 0.4) is 0 Å². The lowest BCUT2D eigenvalue weighted by atomic mass is 10.1. The third-order valence-corrected chi connectivity index (χ3v) is 9.72. The quantitative estimate of drug-likeness (QED) is 0.216. The lowest BCUT2D eigenvalue weighted by Gasteiger charge is -2.33. The van der Waals surface area contributed by atoms with Gasteiger partial charge in [0.1, 0.15) is 23.4 Å². The highest BCUT2D eigenvalue weighted by Gasteiger charge is 2.30. The van der Waals surface area contributed by atoms with Gasteiger partial charge in [-0.3, -0.25) is 9.36 Å². The minimum absolute atomic E-state index is 0.131. The van der Waals surface area contributed by atoms with E-state index in [1.54, 1.807) is 37.0 Å². The monoisotopic (exact) mass is 627 g/mol. The SMILES string of the molecule is CCCOc1ccc(S(=O)(=O)N2CCN(CC)CC2)cc1-c1nc2c(CCC)nn(-c3ncnn3CCOC)c2c(=O)n1C. The Labute approximate surface area is 257 Å². The van der Waals surface area contributed by atoms with Crippen LogP contribution in [0.2, 0.25) is 0 Å². The molecule has 0 N–H and O–H groups in total. The Balaban J connectivity index is 1.67. The van der Waals surface area contributed by atoms with Gasteiger partial charge in [-0.15, -0.1) is 0 Å². The third kappa shape index (κ3) is 6.01. The zero-order chi connectivity index (χ0) is 31.4. The fraction of sp³-hybridized carbons (Fsp3) is 0.552. The highest BCUT2D eigenvalue weighted by molar-refractivity contribution is 7.89. The summed E-state index contributed by atoms with van der Waals surface area (Å²) in [6, 6.07) is 4.80. The van der Waals surface area contributed by atoms with E-state index in [-0.39, 0.29) is 16.0 Å². The van der Waals surface area contributed by atoms with E-state index in [4.69, 9.17) is 19.6 Å². The van der Waals surface area contributed by atoms with Gasteiger partial charge in [0.15, 0.2) is 5.52 Å². The molecule has 4 aromatic rings. The van der Waals surface area contributed by atoms with Crippen molar-refractivity contribution in [1.82, 2.24) is 43.3 Å². The first kappa shape index (κ1) is 31.8. The molecular weight excluding hydrogens is 586 g/mol. The standard InChI is InChI=1S/C29H41N9O5S/c1-6-9-23-25-26(38(33-23)29-30-20-31-37(29)16-18-42-5)28(39)34(4)27(32-25)22-19-21(10-11-24(22)43-17-7-2)44(40,41)36-14-12-35(8-3)13-15-36/h10-11,19-20H,6-9,12-18H2,1-5H3. The summed E-state index contributed by atoms with van der Waals surface area (Å²) in [5, 5.41) is 9.05. The molecule has 0 radical (unpaired) electrons. The summed E-state index contributed by atoms with van der Waals surface area (Å²) in [4.78, 5) is 25.8. The molecule has 44 heavy (non-hydrogen) atoms. The number of ether oxygens (including phenoxy) is 2. The smallest absolute Gasteiger partial charge is 0.280 e. The molecule has 5 rings (SSSR count). The zero-order valence-corrected chi connectivity index (χ0v) is 26.9. The second kappa shape index (κ2) is 13.5. The van der Waals surface area contributed by atoms with E-state index in [9.17, 15) is 13.2 Å². The Morgan fingerprint density at radius 1 is 1.02 bits per heavy atom. The van der Waals surface area contributed by atoms with Crippen molar-refractivity contribution in [2.24, 2.45) is 7.05 Å². The number of nitrogens with zero attached hydrogens (tertiary/aromatic N) is 9. The first-order chi connectivity index (χ1) is 21.2. The maximum atomic E-state index is 14.1. The molecule has 1 saturated heterocycles. The number of fused-ring (bicyclic) bond motifs is 1. The first-order valence-electron chi connectivity index (χ1n) is 15.1. The summed E-state index contributed by atoms with van der Waals surface area (Å²) in [5.41, 5.74) is 1.39. The molecule has 1 fully saturated rings. The van der Waals surface area contributed by atoms with Crippen molar-refractivity contribution < 1.29 is 17.9 Å². The van der Waals surface area contributed by atoms with Crippen LogP contribution in [0.4, 0.5) is 0 Å². The Hall–Kier alpha value is -3.66. The number of sulfonamides is 1. The zero-order valence-electron chi connectivity index (χ0n) is 26.1. The third-order valence-electron chi connectivity index (χ3n) is 7.82. The van der Waals surface area contributed by atoms with Crippen molar-refractivity contribution in [3.63, 3.8) is 0 Å². The van der Waals surface area contributed by atoms with Crippen molar-refractivity contribution >= 4 is 21.1 Å². The molecule has 1 aliphatic rings. The van der Waals surface area contributed by atoms with Crippen LogP contribution >= 0.6 is 0 Å². The molecular formula is C29H41N9O5S. The summed E-state index contributed by atoms with van der Waals surface area (Å²) in [7, 11) is -0.571. The number of likely N-dealkylation sites (N-methyl/N-ethyl adjacent to an activating group) is 1. The summed E-state index contributed by atoms with van der Waals surface area (Å²) in [6.45, 7) is 10.4. The molecule has 0 aliphatic carbocycles. The van der Waals surface area contributed by atoms with E-state index in [0.717, 1.165) is 19.4 Å². The number of rotatable bonds is 13. The van der Waals surface area contributed by atoms with E-state index >= 15 is 0 Å². The molecule has 0 saturated carbocycles. The molecule has 15 heteroatoms. The van der Waals surface area contributed by atoms with Crippen molar-refractivity contribution in [2.75, 3.05) is 53.0 Å². The van der Waals surface area contributed by atoms with Gasteiger partial charge in [0.2, 0.25) is 16.0 Å². The molecule has 238 valence electrons. The summed E-state index contributed by atoms with van der Waals surface area (Å²) < 4.78 is 44.9. The second-order valence-corrected chi connectivity index (χ2v) is 12.7. The van der Waals surface area contributed by atoms with Crippen LogP contribution < -0.4 is 10.3 Å². The Morgan fingerprint density at radius 3 is 2.48 bits per heavy atom. The lowest BCUT2D eigenvalue weighted by Crippen LogP contribution is -2.48. The molecule has 0 unspecified atom stereocenters. The van der Waals surface area contributed by atoms with Crippen LogP contribution in [0, 0.1) is 0 Å². The number of methoxy groups -OCH3 is 1. The normalized spacial score (nSPS) is 14.9. The molecule has 0 amide bonds. The van der Waals surface area contributed by atoms with Gasteiger partial charge >= 0.3 is 0 Å². The summed E-state index contributed by atoms with van der Waals surface area (Å²) in [5.74, 6) is 1.12. The first-order valence-corrected chi connectivity index (χ1v) is 16.5. The van der Waals surface area contributed by atoms with Gasteiger partial charge in [0.05, 0.1) is 35.9 Å². The van der Waals surface area contributed by atoms with Crippen molar-refractivity contribution in [2.45, 2.75) is 51.5 Å². The maximum Gasteiger partial charge on any atom is 0.280 e. The molecule has 1 aliphatic heterocycles. The topological polar surface area (TPSA) is 143 Å². The van der Waals surface area contributed by atoms with Gasteiger partial charge in [-0.2, -0.15) is 24.2 Å². The van der Waals surface area contributed by atoms with Crippen molar-refractivity contribution in [1.29, 1.82) is 0 Å². The fourth-order valence-corrected chi connectivity index (χ4v) is 6.82. The Morgan fingerprint density at radius 2 is 1.80 bits per heavy atom. The molecule has 0 bridgehead atoms. The van der Waals surface area contributed by atoms with E-state index in [2.05, 4.69) is 21.9 Å². The molecule has 0 atom stereocenters. The van der Waals surface area contributed by atoms with Gasteiger partial charge in [0, 0.05) is 40.3 Å². The largest absolute Gasteiger partial charge is 0.493 e. The fourth-order valence-electron chi connectivity index (χ4n) is 5.37. The van der Waals surface area contributed by atoms with Gasteiger partial charge < -0.3 is 14.4 Å². The molecule has 1 aromatic carbocycles. The summed E-state index contributed by atoms with van der Waals surface area (Å²) in [6.07, 6.45) is 3.52.